The lowest BCUT2D eigenvalue weighted by Gasteiger charge is -2.26. The highest BCUT2D eigenvalue weighted by atomic mass is 16.4. The van der Waals surface area contributed by atoms with E-state index in [9.17, 15) is 4.79 Å². The highest BCUT2D eigenvalue weighted by molar-refractivity contribution is 5.84. The molecule has 0 aromatic carbocycles. The third kappa shape index (κ3) is 3.25. The molecule has 2 N–H and O–H groups in total. The summed E-state index contributed by atoms with van der Waals surface area (Å²) >= 11 is 0. The number of carboxylic acid groups (broad SMARTS) is 1. The van der Waals surface area contributed by atoms with E-state index in [4.69, 9.17) is 9.52 Å². The molecule has 1 aliphatic rings. The van der Waals surface area contributed by atoms with Gasteiger partial charge in [-0.3, -0.25) is 0 Å². The normalized spacial score (nSPS) is 24.5. The second-order valence-electron chi connectivity index (χ2n) is 4.98. The summed E-state index contributed by atoms with van der Waals surface area (Å²) in [6.07, 6.45) is 5.09. The van der Waals surface area contributed by atoms with Gasteiger partial charge in [-0.15, -0.1) is 0 Å². The van der Waals surface area contributed by atoms with Gasteiger partial charge < -0.3 is 14.8 Å². The Balaban J connectivity index is 1.79. The highest BCUT2D eigenvalue weighted by Crippen LogP contribution is 2.28. The smallest absolute Gasteiger partial charge is 0.371 e. The topological polar surface area (TPSA) is 62.5 Å². The molecule has 17 heavy (non-hydrogen) atoms. The highest BCUT2D eigenvalue weighted by Gasteiger charge is 2.18. The first-order valence-corrected chi connectivity index (χ1v) is 6.22. The van der Waals surface area contributed by atoms with E-state index >= 15 is 0 Å². The van der Waals surface area contributed by atoms with Crippen LogP contribution in [-0.2, 0) is 0 Å². The van der Waals surface area contributed by atoms with Crippen molar-refractivity contribution in [3.63, 3.8) is 0 Å². The average Bonchev–Trinajstić information content (AvgIpc) is 2.77. The summed E-state index contributed by atoms with van der Waals surface area (Å²) in [5, 5.41) is 11.9. The van der Waals surface area contributed by atoms with Crippen LogP contribution in [0.3, 0.4) is 0 Å². The Kier molecular flexibility index (Phi) is 3.71. The van der Waals surface area contributed by atoms with Crippen molar-refractivity contribution < 1.29 is 14.3 Å². The zero-order chi connectivity index (χ0) is 12.3. The molecule has 0 radical (unpaired) electrons. The van der Waals surface area contributed by atoms with Crippen LogP contribution in [0.25, 0.3) is 0 Å². The van der Waals surface area contributed by atoms with Crippen molar-refractivity contribution in [3.05, 3.63) is 17.9 Å². The summed E-state index contributed by atoms with van der Waals surface area (Å²) in [5.74, 6) is 1.06. The average molecular weight is 237 g/mol. The van der Waals surface area contributed by atoms with E-state index in [1.807, 2.05) is 0 Å². The van der Waals surface area contributed by atoms with Gasteiger partial charge in [0.2, 0.25) is 5.76 Å². The monoisotopic (exact) mass is 237 g/mol. The van der Waals surface area contributed by atoms with Crippen LogP contribution < -0.4 is 5.32 Å². The molecule has 0 bridgehead atoms. The SMILES string of the molecule is CC1CCC(CNc2ccc(C(=O)O)o2)CC1. The first-order chi connectivity index (χ1) is 8.15. The van der Waals surface area contributed by atoms with Gasteiger partial charge in [-0.05, 0) is 30.7 Å². The van der Waals surface area contributed by atoms with Crippen LogP contribution in [-0.4, -0.2) is 17.6 Å². The van der Waals surface area contributed by atoms with Gasteiger partial charge in [-0.1, -0.05) is 19.8 Å². The maximum absolute atomic E-state index is 10.6. The maximum atomic E-state index is 10.6. The van der Waals surface area contributed by atoms with E-state index in [2.05, 4.69) is 12.2 Å². The molecule has 4 heteroatoms. The molecule has 0 atom stereocenters. The molecular weight excluding hydrogens is 218 g/mol. The third-order valence-corrected chi connectivity index (χ3v) is 3.52. The summed E-state index contributed by atoms with van der Waals surface area (Å²) in [6, 6.07) is 3.16. The zero-order valence-corrected chi connectivity index (χ0v) is 10.1. The fourth-order valence-corrected chi connectivity index (χ4v) is 2.33. The Morgan fingerprint density at radius 3 is 2.71 bits per heavy atom. The Morgan fingerprint density at radius 2 is 2.12 bits per heavy atom. The van der Waals surface area contributed by atoms with Crippen molar-refractivity contribution in [2.75, 3.05) is 11.9 Å². The Bertz CT molecular complexity index is 378. The fourth-order valence-electron chi connectivity index (χ4n) is 2.33. The van der Waals surface area contributed by atoms with E-state index in [1.54, 1.807) is 6.07 Å². The van der Waals surface area contributed by atoms with Gasteiger partial charge >= 0.3 is 5.97 Å². The lowest BCUT2D eigenvalue weighted by molar-refractivity contribution is 0.0663. The molecule has 94 valence electrons. The van der Waals surface area contributed by atoms with Gasteiger partial charge in [0, 0.05) is 12.6 Å². The number of rotatable bonds is 4. The summed E-state index contributed by atoms with van der Waals surface area (Å²) in [5.41, 5.74) is 0. The van der Waals surface area contributed by atoms with Crippen LogP contribution >= 0.6 is 0 Å². The number of hydrogen-bond acceptors (Lipinski definition) is 3. The number of nitrogens with one attached hydrogen (secondary N) is 1. The summed E-state index contributed by atoms with van der Waals surface area (Å²) in [6.45, 7) is 3.18. The van der Waals surface area contributed by atoms with E-state index in [0.29, 0.717) is 11.8 Å². The Labute approximate surface area is 101 Å². The first-order valence-electron chi connectivity index (χ1n) is 6.22. The number of carboxylic acids is 1. The number of carbonyl (C=O) groups is 1. The molecule has 0 amide bonds. The number of hydrogen-bond donors (Lipinski definition) is 2. The van der Waals surface area contributed by atoms with Crippen molar-refractivity contribution in [1.82, 2.24) is 0 Å². The molecule has 1 aromatic heterocycles. The predicted molar refractivity (Wildman–Crippen MR) is 65.3 cm³/mol. The minimum absolute atomic E-state index is 0.00948. The Hall–Kier alpha value is -1.45. The molecule has 0 saturated heterocycles. The fraction of sp³-hybridized carbons (Fsp3) is 0.615. The van der Waals surface area contributed by atoms with Crippen LogP contribution in [0.1, 0.15) is 43.2 Å². The Morgan fingerprint density at radius 1 is 1.41 bits per heavy atom. The maximum Gasteiger partial charge on any atom is 0.371 e. The van der Waals surface area contributed by atoms with Crippen molar-refractivity contribution in [2.45, 2.75) is 32.6 Å². The van der Waals surface area contributed by atoms with E-state index < -0.39 is 5.97 Å². The molecule has 4 nitrogen and oxygen atoms in total. The molecular formula is C13H19NO3. The van der Waals surface area contributed by atoms with Gasteiger partial charge in [-0.25, -0.2) is 4.79 Å². The summed E-state index contributed by atoms with van der Waals surface area (Å²) in [7, 11) is 0. The van der Waals surface area contributed by atoms with Gasteiger partial charge in [0.15, 0.2) is 5.88 Å². The van der Waals surface area contributed by atoms with Crippen molar-refractivity contribution in [3.8, 4) is 0 Å². The minimum atomic E-state index is -1.02. The largest absolute Gasteiger partial charge is 0.475 e. The molecule has 1 fully saturated rings. The minimum Gasteiger partial charge on any atom is -0.475 e. The van der Waals surface area contributed by atoms with Gasteiger partial charge in [-0.2, -0.15) is 0 Å². The van der Waals surface area contributed by atoms with Crippen molar-refractivity contribution >= 4 is 11.9 Å². The molecule has 2 rings (SSSR count). The molecule has 0 aliphatic heterocycles. The van der Waals surface area contributed by atoms with Crippen LogP contribution in [0.2, 0.25) is 0 Å². The number of aromatic carboxylic acids is 1. The van der Waals surface area contributed by atoms with Gasteiger partial charge in [0.1, 0.15) is 0 Å². The second-order valence-corrected chi connectivity index (χ2v) is 4.98. The second kappa shape index (κ2) is 5.25. The van der Waals surface area contributed by atoms with Crippen LogP contribution in [0.5, 0.6) is 0 Å². The third-order valence-electron chi connectivity index (χ3n) is 3.52. The lowest BCUT2D eigenvalue weighted by atomic mass is 9.83. The molecule has 1 aliphatic carbocycles. The van der Waals surface area contributed by atoms with Crippen molar-refractivity contribution in [1.29, 1.82) is 0 Å². The van der Waals surface area contributed by atoms with Gasteiger partial charge in [0.05, 0.1) is 0 Å². The first kappa shape index (κ1) is 12.0. The number of anilines is 1. The summed E-state index contributed by atoms with van der Waals surface area (Å²) < 4.78 is 5.15. The lowest BCUT2D eigenvalue weighted by Crippen LogP contribution is -2.19. The molecule has 0 unspecified atom stereocenters. The van der Waals surface area contributed by atoms with Gasteiger partial charge in [0.25, 0.3) is 0 Å². The van der Waals surface area contributed by atoms with E-state index in [0.717, 1.165) is 12.5 Å². The molecule has 1 heterocycles. The molecule has 1 aromatic rings. The molecule has 0 spiro atoms. The summed E-state index contributed by atoms with van der Waals surface area (Å²) in [4.78, 5) is 10.6. The van der Waals surface area contributed by atoms with E-state index in [-0.39, 0.29) is 5.76 Å². The van der Waals surface area contributed by atoms with Crippen molar-refractivity contribution in [2.24, 2.45) is 11.8 Å². The standard InChI is InChI=1S/C13H19NO3/c1-9-2-4-10(5-3-9)8-14-12-7-6-11(17-12)13(15)16/h6-7,9-10,14H,2-5,8H2,1H3,(H,15,16). The van der Waals surface area contributed by atoms with Crippen LogP contribution in [0.15, 0.2) is 16.5 Å². The predicted octanol–water partition coefficient (Wildman–Crippen LogP) is 3.22. The van der Waals surface area contributed by atoms with Crippen LogP contribution in [0, 0.1) is 11.8 Å². The van der Waals surface area contributed by atoms with Crippen LogP contribution in [0.4, 0.5) is 5.88 Å². The van der Waals surface area contributed by atoms with E-state index in [1.165, 1.54) is 31.7 Å². The number of furan rings is 1. The quantitative estimate of drug-likeness (QED) is 0.844. The molecule has 1 saturated carbocycles. The zero-order valence-electron chi connectivity index (χ0n) is 10.1.